The first-order valence-corrected chi connectivity index (χ1v) is 3.65. The standard InChI is InChI=1S/C6H6O3.C2HF3O2/c7-4-1-5(8)3-6(9)2-4;3-2(4,5)1(6)7/h1-3,7-9H;(H,6,7). The largest absolute Gasteiger partial charge is 0.508 e. The van der Waals surface area contributed by atoms with Gasteiger partial charge in [0.15, 0.2) is 0 Å². The maximum atomic E-state index is 10.6. The zero-order chi connectivity index (χ0) is 12.9. The zero-order valence-electron chi connectivity index (χ0n) is 7.56. The summed E-state index contributed by atoms with van der Waals surface area (Å²) in [6.45, 7) is 0. The van der Waals surface area contributed by atoms with Crippen molar-refractivity contribution in [3.8, 4) is 17.2 Å². The first-order chi connectivity index (χ1) is 7.12. The molecule has 0 aliphatic heterocycles. The molecule has 0 aliphatic carbocycles. The SMILES string of the molecule is O=C(O)C(F)(F)F.Oc1cc(O)cc(O)c1. The quantitative estimate of drug-likeness (QED) is 0.550. The second-order valence-electron chi connectivity index (χ2n) is 2.51. The molecule has 0 unspecified atom stereocenters. The lowest BCUT2D eigenvalue weighted by molar-refractivity contribution is -0.192. The van der Waals surface area contributed by atoms with E-state index in [-0.39, 0.29) is 17.2 Å². The van der Waals surface area contributed by atoms with E-state index in [0.717, 1.165) is 18.2 Å². The fourth-order valence-corrected chi connectivity index (χ4v) is 0.580. The molecular weight excluding hydrogens is 233 g/mol. The Hall–Kier alpha value is -2.12. The van der Waals surface area contributed by atoms with Crippen LogP contribution in [-0.2, 0) is 4.79 Å². The number of phenolic OH excluding ortho intramolecular Hbond substituents is 3. The van der Waals surface area contributed by atoms with Gasteiger partial charge in [0.05, 0.1) is 0 Å². The molecule has 0 bridgehead atoms. The average molecular weight is 240 g/mol. The van der Waals surface area contributed by atoms with Gasteiger partial charge in [0.2, 0.25) is 0 Å². The lowest BCUT2D eigenvalue weighted by Crippen LogP contribution is -2.21. The van der Waals surface area contributed by atoms with E-state index < -0.39 is 12.1 Å². The van der Waals surface area contributed by atoms with E-state index in [0.29, 0.717) is 0 Å². The van der Waals surface area contributed by atoms with E-state index >= 15 is 0 Å². The zero-order valence-corrected chi connectivity index (χ0v) is 7.56. The van der Waals surface area contributed by atoms with Crippen molar-refractivity contribution in [3.05, 3.63) is 18.2 Å². The number of hydrogen-bond donors (Lipinski definition) is 4. The average Bonchev–Trinajstić information content (AvgIpc) is 1.99. The Balaban J connectivity index is 0.000000293. The smallest absolute Gasteiger partial charge is 0.490 e. The van der Waals surface area contributed by atoms with Gasteiger partial charge in [-0.2, -0.15) is 13.2 Å². The Kier molecular flexibility index (Phi) is 4.42. The predicted octanol–water partition coefficient (Wildman–Crippen LogP) is 1.44. The molecule has 0 aromatic heterocycles. The van der Waals surface area contributed by atoms with Crippen LogP contribution in [0.5, 0.6) is 17.2 Å². The lowest BCUT2D eigenvalue weighted by Gasteiger charge is -1.94. The number of alkyl halides is 3. The number of carboxylic acids is 1. The van der Waals surface area contributed by atoms with E-state index in [2.05, 4.69) is 0 Å². The van der Waals surface area contributed by atoms with Gasteiger partial charge >= 0.3 is 12.1 Å². The van der Waals surface area contributed by atoms with Gasteiger partial charge in [-0.05, 0) is 0 Å². The molecule has 0 heterocycles. The highest BCUT2D eigenvalue weighted by Gasteiger charge is 2.38. The second kappa shape index (κ2) is 5.10. The van der Waals surface area contributed by atoms with E-state index in [1.165, 1.54) is 0 Å². The molecule has 0 saturated carbocycles. The van der Waals surface area contributed by atoms with E-state index in [1.807, 2.05) is 0 Å². The summed E-state index contributed by atoms with van der Waals surface area (Å²) in [5, 5.41) is 33.1. The van der Waals surface area contributed by atoms with Crippen molar-refractivity contribution in [2.24, 2.45) is 0 Å². The Labute approximate surface area is 87.0 Å². The van der Waals surface area contributed by atoms with Gasteiger partial charge in [-0.1, -0.05) is 0 Å². The van der Waals surface area contributed by atoms with Crippen molar-refractivity contribution in [1.29, 1.82) is 0 Å². The van der Waals surface area contributed by atoms with E-state index in [9.17, 15) is 13.2 Å². The van der Waals surface area contributed by atoms with Crippen LogP contribution in [0.4, 0.5) is 13.2 Å². The molecule has 0 saturated heterocycles. The van der Waals surface area contributed by atoms with Gasteiger partial charge in [-0.25, -0.2) is 4.79 Å². The fourth-order valence-electron chi connectivity index (χ4n) is 0.580. The Morgan fingerprint density at radius 2 is 1.12 bits per heavy atom. The van der Waals surface area contributed by atoms with Gasteiger partial charge in [0.1, 0.15) is 17.2 Å². The lowest BCUT2D eigenvalue weighted by atomic mass is 10.3. The number of benzene rings is 1. The number of carboxylic acid groups (broad SMARTS) is 1. The van der Waals surface area contributed by atoms with Gasteiger partial charge in [0, 0.05) is 18.2 Å². The predicted molar refractivity (Wildman–Crippen MR) is 45.1 cm³/mol. The minimum atomic E-state index is -5.08. The van der Waals surface area contributed by atoms with Crippen LogP contribution in [0.2, 0.25) is 0 Å². The topological polar surface area (TPSA) is 98.0 Å². The molecular formula is C8H7F3O5. The minimum absolute atomic E-state index is 0.146. The summed E-state index contributed by atoms with van der Waals surface area (Å²) in [5.41, 5.74) is 0. The third-order valence-electron chi connectivity index (χ3n) is 1.13. The van der Waals surface area contributed by atoms with Crippen molar-refractivity contribution in [1.82, 2.24) is 0 Å². The van der Waals surface area contributed by atoms with Crippen molar-refractivity contribution in [3.63, 3.8) is 0 Å². The first-order valence-electron chi connectivity index (χ1n) is 3.65. The highest BCUT2D eigenvalue weighted by atomic mass is 19.4. The Morgan fingerprint density at radius 3 is 1.25 bits per heavy atom. The maximum Gasteiger partial charge on any atom is 0.490 e. The summed E-state index contributed by atoms with van der Waals surface area (Å²) < 4.78 is 31.7. The highest BCUT2D eigenvalue weighted by Crippen LogP contribution is 2.23. The fraction of sp³-hybridized carbons (Fsp3) is 0.125. The molecule has 0 fully saturated rings. The third kappa shape index (κ3) is 5.58. The van der Waals surface area contributed by atoms with Crippen LogP contribution < -0.4 is 0 Å². The molecule has 0 radical (unpaired) electrons. The van der Waals surface area contributed by atoms with Crippen LogP contribution in [0.25, 0.3) is 0 Å². The number of aliphatic carboxylic acids is 1. The molecule has 0 amide bonds. The van der Waals surface area contributed by atoms with E-state index in [4.69, 9.17) is 25.2 Å². The normalized spacial score (nSPS) is 10.2. The van der Waals surface area contributed by atoms with Crippen molar-refractivity contribution in [2.45, 2.75) is 6.18 Å². The van der Waals surface area contributed by atoms with Crippen LogP contribution >= 0.6 is 0 Å². The number of carbonyl (C=O) groups is 1. The van der Waals surface area contributed by atoms with Crippen LogP contribution in [-0.4, -0.2) is 32.6 Å². The van der Waals surface area contributed by atoms with Gasteiger partial charge in [0.25, 0.3) is 0 Å². The molecule has 0 atom stereocenters. The number of halogens is 3. The second-order valence-corrected chi connectivity index (χ2v) is 2.51. The maximum absolute atomic E-state index is 10.6. The number of rotatable bonds is 0. The van der Waals surface area contributed by atoms with Gasteiger partial charge < -0.3 is 20.4 Å². The van der Waals surface area contributed by atoms with Crippen LogP contribution in [0.15, 0.2) is 18.2 Å². The molecule has 1 rings (SSSR count). The molecule has 0 spiro atoms. The van der Waals surface area contributed by atoms with Crippen LogP contribution in [0.3, 0.4) is 0 Å². The van der Waals surface area contributed by atoms with Crippen LogP contribution in [0.1, 0.15) is 0 Å². The van der Waals surface area contributed by atoms with Gasteiger partial charge in [-0.15, -0.1) is 0 Å². The molecule has 1 aromatic carbocycles. The van der Waals surface area contributed by atoms with Crippen molar-refractivity contribution in [2.75, 3.05) is 0 Å². The summed E-state index contributed by atoms with van der Waals surface area (Å²) >= 11 is 0. The van der Waals surface area contributed by atoms with Gasteiger partial charge in [-0.3, -0.25) is 0 Å². The van der Waals surface area contributed by atoms with Crippen molar-refractivity contribution >= 4 is 5.97 Å². The number of hydrogen-bond acceptors (Lipinski definition) is 4. The highest BCUT2D eigenvalue weighted by molar-refractivity contribution is 5.73. The molecule has 0 aliphatic rings. The van der Waals surface area contributed by atoms with Crippen LogP contribution in [0, 0.1) is 0 Å². The Bertz CT molecular complexity index is 324. The molecule has 4 N–H and O–H groups in total. The minimum Gasteiger partial charge on any atom is -0.508 e. The molecule has 90 valence electrons. The summed E-state index contributed by atoms with van der Waals surface area (Å²) in [4.78, 5) is 8.90. The molecule has 8 heteroatoms. The third-order valence-corrected chi connectivity index (χ3v) is 1.13. The summed E-state index contributed by atoms with van der Waals surface area (Å²) in [5.74, 6) is -3.19. The summed E-state index contributed by atoms with van der Waals surface area (Å²) in [6, 6.07) is 3.42. The summed E-state index contributed by atoms with van der Waals surface area (Å²) in [7, 11) is 0. The molecule has 1 aromatic rings. The number of aromatic hydroxyl groups is 3. The van der Waals surface area contributed by atoms with E-state index in [1.54, 1.807) is 0 Å². The summed E-state index contributed by atoms with van der Waals surface area (Å²) in [6.07, 6.45) is -5.08. The first kappa shape index (κ1) is 13.9. The molecule has 16 heavy (non-hydrogen) atoms. The number of phenols is 3. The molecule has 5 nitrogen and oxygen atoms in total. The monoisotopic (exact) mass is 240 g/mol. The van der Waals surface area contributed by atoms with Crippen molar-refractivity contribution < 1.29 is 38.4 Å². The Morgan fingerprint density at radius 1 is 0.938 bits per heavy atom.